The molecule has 0 N–H and O–H groups in total. The zero-order valence-corrected chi connectivity index (χ0v) is 9.62. The molecule has 0 bridgehead atoms. The second kappa shape index (κ2) is 4.15. The Labute approximate surface area is 94.3 Å². The number of aromatic nitrogens is 2. The van der Waals surface area contributed by atoms with Gasteiger partial charge in [-0.3, -0.25) is 4.98 Å². The molecule has 0 radical (unpaired) electrons. The van der Waals surface area contributed by atoms with Crippen molar-refractivity contribution in [2.75, 3.05) is 0 Å². The number of pyridine rings is 2. The quantitative estimate of drug-likeness (QED) is 0.725. The van der Waals surface area contributed by atoms with E-state index >= 15 is 0 Å². The van der Waals surface area contributed by atoms with Crippen molar-refractivity contribution in [2.45, 2.75) is 20.3 Å². The molecule has 3 heteroatoms. The van der Waals surface area contributed by atoms with Crippen molar-refractivity contribution in [3.63, 3.8) is 0 Å². The smallest absolute Gasteiger partial charge is 0.138 e. The summed E-state index contributed by atoms with van der Waals surface area (Å²) in [5.41, 5.74) is 1.05. The highest BCUT2D eigenvalue weighted by atomic mass is 35.5. The van der Waals surface area contributed by atoms with Crippen LogP contribution in [0.5, 0.6) is 0 Å². The molecule has 2 nitrogen and oxygen atoms in total. The third-order valence-electron chi connectivity index (χ3n) is 2.26. The van der Waals surface area contributed by atoms with Gasteiger partial charge in [-0.25, -0.2) is 4.98 Å². The Hall–Kier alpha value is -1.15. The highest BCUT2D eigenvalue weighted by Crippen LogP contribution is 2.22. The van der Waals surface area contributed by atoms with Crippen LogP contribution in [-0.2, 0) is 6.42 Å². The van der Waals surface area contributed by atoms with E-state index in [0.29, 0.717) is 11.1 Å². The van der Waals surface area contributed by atoms with E-state index in [1.54, 1.807) is 12.4 Å². The first-order chi connectivity index (χ1) is 7.16. The molecule has 15 heavy (non-hydrogen) atoms. The highest BCUT2D eigenvalue weighted by Gasteiger charge is 2.05. The number of fused-ring (bicyclic) bond motifs is 1. The van der Waals surface area contributed by atoms with Crippen molar-refractivity contribution < 1.29 is 0 Å². The fraction of sp³-hybridized carbons (Fsp3) is 0.333. The summed E-state index contributed by atoms with van der Waals surface area (Å²) in [7, 11) is 0. The Bertz CT molecular complexity index is 480. The molecular formula is C12H13ClN2. The first-order valence-corrected chi connectivity index (χ1v) is 5.44. The van der Waals surface area contributed by atoms with E-state index < -0.39 is 0 Å². The maximum atomic E-state index is 6.09. The van der Waals surface area contributed by atoms with Gasteiger partial charge < -0.3 is 0 Å². The van der Waals surface area contributed by atoms with Gasteiger partial charge in [0.1, 0.15) is 5.15 Å². The van der Waals surface area contributed by atoms with Gasteiger partial charge in [-0.2, -0.15) is 0 Å². The molecule has 0 aliphatic rings. The molecule has 0 unspecified atom stereocenters. The van der Waals surface area contributed by atoms with Gasteiger partial charge in [-0.05, 0) is 29.9 Å². The molecule has 2 aromatic heterocycles. The maximum absolute atomic E-state index is 6.09. The van der Waals surface area contributed by atoms with E-state index in [0.717, 1.165) is 22.9 Å². The Morgan fingerprint density at radius 1 is 1.40 bits per heavy atom. The number of hydrogen-bond donors (Lipinski definition) is 0. The number of nitrogens with zero attached hydrogens (tertiary/aromatic N) is 2. The molecule has 0 aliphatic carbocycles. The van der Waals surface area contributed by atoms with Crippen LogP contribution in [-0.4, -0.2) is 9.97 Å². The van der Waals surface area contributed by atoms with E-state index in [2.05, 4.69) is 29.9 Å². The molecule has 0 aliphatic heterocycles. The van der Waals surface area contributed by atoms with E-state index in [4.69, 9.17) is 11.6 Å². The summed E-state index contributed by atoms with van der Waals surface area (Å²) in [6.45, 7) is 4.35. The van der Waals surface area contributed by atoms with Gasteiger partial charge in [0.15, 0.2) is 0 Å². The molecule has 2 heterocycles. The van der Waals surface area contributed by atoms with Gasteiger partial charge in [0.05, 0.1) is 0 Å². The lowest BCUT2D eigenvalue weighted by Gasteiger charge is -2.06. The molecule has 0 aromatic carbocycles. The standard InChI is InChI=1S/C12H13ClN2/c1-8(2)5-10-6-9-3-4-14-7-11(9)12(13)15-10/h3-4,6-8H,5H2,1-2H3. The van der Waals surface area contributed by atoms with E-state index in [-0.39, 0.29) is 0 Å². The summed E-state index contributed by atoms with van der Waals surface area (Å²) >= 11 is 6.09. The minimum atomic E-state index is 0.552. The van der Waals surface area contributed by atoms with Crippen molar-refractivity contribution in [1.29, 1.82) is 0 Å². The summed E-state index contributed by atoms with van der Waals surface area (Å²) in [5.74, 6) is 0.591. The van der Waals surface area contributed by atoms with Crippen LogP contribution in [0.3, 0.4) is 0 Å². The fourth-order valence-corrected chi connectivity index (χ4v) is 1.89. The van der Waals surface area contributed by atoms with Gasteiger partial charge in [0.2, 0.25) is 0 Å². The van der Waals surface area contributed by atoms with E-state index in [9.17, 15) is 0 Å². The Balaban J connectivity index is 2.52. The predicted molar refractivity (Wildman–Crippen MR) is 63.1 cm³/mol. The number of rotatable bonds is 2. The average Bonchev–Trinajstić information content (AvgIpc) is 2.16. The van der Waals surface area contributed by atoms with Crippen molar-refractivity contribution in [3.05, 3.63) is 35.4 Å². The molecule has 0 saturated heterocycles. The summed E-state index contributed by atoms with van der Waals surface area (Å²) in [6, 6.07) is 4.05. The first-order valence-electron chi connectivity index (χ1n) is 5.06. The molecule has 2 aromatic rings. The first kappa shape index (κ1) is 10.4. The molecule has 0 saturated carbocycles. The summed E-state index contributed by atoms with van der Waals surface area (Å²) in [4.78, 5) is 8.41. The lowest BCUT2D eigenvalue weighted by molar-refractivity contribution is 0.636. The minimum Gasteiger partial charge on any atom is -0.264 e. The normalized spacial score (nSPS) is 11.2. The Kier molecular flexibility index (Phi) is 2.87. The van der Waals surface area contributed by atoms with Crippen molar-refractivity contribution >= 4 is 22.4 Å². The van der Waals surface area contributed by atoms with Crippen LogP contribution in [0.15, 0.2) is 24.5 Å². The fourth-order valence-electron chi connectivity index (χ4n) is 1.62. The zero-order valence-electron chi connectivity index (χ0n) is 8.87. The second-order valence-electron chi connectivity index (χ2n) is 4.10. The average molecular weight is 221 g/mol. The van der Waals surface area contributed by atoms with Gasteiger partial charge in [-0.1, -0.05) is 25.4 Å². The van der Waals surface area contributed by atoms with Crippen LogP contribution >= 0.6 is 11.6 Å². The molecular weight excluding hydrogens is 208 g/mol. The molecule has 0 fully saturated rings. The maximum Gasteiger partial charge on any atom is 0.138 e. The van der Waals surface area contributed by atoms with Crippen molar-refractivity contribution in [1.82, 2.24) is 9.97 Å². The van der Waals surface area contributed by atoms with E-state index in [1.807, 2.05) is 6.07 Å². The number of halogens is 1. The van der Waals surface area contributed by atoms with Crippen molar-refractivity contribution in [2.24, 2.45) is 5.92 Å². The predicted octanol–water partition coefficient (Wildman–Crippen LogP) is 3.48. The van der Waals surface area contributed by atoms with Crippen LogP contribution in [0.4, 0.5) is 0 Å². The SMILES string of the molecule is CC(C)Cc1cc2ccncc2c(Cl)n1. The summed E-state index contributed by atoms with van der Waals surface area (Å²) in [6.07, 6.45) is 4.49. The van der Waals surface area contributed by atoms with E-state index in [1.165, 1.54) is 0 Å². The third-order valence-corrected chi connectivity index (χ3v) is 2.55. The largest absolute Gasteiger partial charge is 0.264 e. The van der Waals surface area contributed by atoms with Gasteiger partial charge in [0.25, 0.3) is 0 Å². The highest BCUT2D eigenvalue weighted by molar-refractivity contribution is 6.34. The summed E-state index contributed by atoms with van der Waals surface area (Å²) in [5, 5.41) is 2.59. The number of hydrogen-bond acceptors (Lipinski definition) is 2. The van der Waals surface area contributed by atoms with Crippen LogP contribution in [0.1, 0.15) is 19.5 Å². The van der Waals surface area contributed by atoms with Gasteiger partial charge in [0, 0.05) is 23.5 Å². The molecule has 0 spiro atoms. The molecule has 78 valence electrons. The summed E-state index contributed by atoms with van der Waals surface area (Å²) < 4.78 is 0. The second-order valence-corrected chi connectivity index (χ2v) is 4.46. The lowest BCUT2D eigenvalue weighted by Crippen LogP contribution is -1.97. The van der Waals surface area contributed by atoms with Gasteiger partial charge in [-0.15, -0.1) is 0 Å². The Morgan fingerprint density at radius 2 is 2.20 bits per heavy atom. The molecule has 0 atom stereocenters. The van der Waals surface area contributed by atoms with Crippen molar-refractivity contribution in [3.8, 4) is 0 Å². The third kappa shape index (κ3) is 2.26. The van der Waals surface area contributed by atoms with Crippen LogP contribution in [0, 0.1) is 5.92 Å². The van der Waals surface area contributed by atoms with Crippen LogP contribution in [0.25, 0.3) is 10.8 Å². The zero-order chi connectivity index (χ0) is 10.8. The molecule has 2 rings (SSSR count). The lowest BCUT2D eigenvalue weighted by atomic mass is 10.1. The van der Waals surface area contributed by atoms with Crippen LogP contribution in [0.2, 0.25) is 5.15 Å². The van der Waals surface area contributed by atoms with Crippen LogP contribution < -0.4 is 0 Å². The van der Waals surface area contributed by atoms with Gasteiger partial charge >= 0.3 is 0 Å². The topological polar surface area (TPSA) is 25.8 Å². The Morgan fingerprint density at radius 3 is 2.93 bits per heavy atom. The minimum absolute atomic E-state index is 0.552. The monoisotopic (exact) mass is 220 g/mol. The molecule has 0 amide bonds.